The summed E-state index contributed by atoms with van der Waals surface area (Å²) in [5, 5.41) is 3.80. The number of carbonyl (C=O) groups is 1. The molecule has 5 heteroatoms. The van der Waals surface area contributed by atoms with Crippen LogP contribution in [-0.2, 0) is 6.54 Å². The van der Waals surface area contributed by atoms with Crippen LogP contribution in [0.15, 0.2) is 42.5 Å². The lowest BCUT2D eigenvalue weighted by Gasteiger charge is -2.25. The second-order valence-corrected chi connectivity index (χ2v) is 5.97. The summed E-state index contributed by atoms with van der Waals surface area (Å²) in [6.07, 6.45) is 0. The number of nitrogens with zero attached hydrogens (tertiary/aromatic N) is 1. The zero-order valence-electron chi connectivity index (χ0n) is 12.3. The predicted molar refractivity (Wildman–Crippen MR) is 90.3 cm³/mol. The summed E-state index contributed by atoms with van der Waals surface area (Å²) in [6, 6.07) is 13.1. The second-order valence-electron chi connectivity index (χ2n) is 5.57. The molecule has 1 aliphatic heterocycles. The van der Waals surface area contributed by atoms with Gasteiger partial charge in [0.1, 0.15) is 0 Å². The molecular weight excluding hydrogens is 298 g/mol. The van der Waals surface area contributed by atoms with Gasteiger partial charge in [0.05, 0.1) is 10.6 Å². The standard InChI is InChI=1S/C17H18ClN3O/c1-11-10-21(16-5-3-2-4-12(16)9-20-11)17(22)14-7-6-13(19)8-15(14)18/h2-8,11,20H,9-10,19H2,1H3/t11-/m1/s1. The minimum atomic E-state index is -0.104. The Morgan fingerprint density at radius 1 is 1.32 bits per heavy atom. The van der Waals surface area contributed by atoms with Gasteiger partial charge in [-0.15, -0.1) is 0 Å². The van der Waals surface area contributed by atoms with E-state index >= 15 is 0 Å². The minimum absolute atomic E-state index is 0.104. The highest BCUT2D eigenvalue weighted by Gasteiger charge is 2.26. The van der Waals surface area contributed by atoms with Crippen LogP contribution >= 0.6 is 11.6 Å². The summed E-state index contributed by atoms with van der Waals surface area (Å²) in [7, 11) is 0. The highest BCUT2D eigenvalue weighted by Crippen LogP contribution is 2.28. The fourth-order valence-electron chi connectivity index (χ4n) is 2.69. The average Bonchev–Trinajstić information content (AvgIpc) is 2.66. The first-order valence-electron chi connectivity index (χ1n) is 7.24. The van der Waals surface area contributed by atoms with E-state index in [0.29, 0.717) is 22.8 Å². The molecule has 0 aromatic heterocycles. The van der Waals surface area contributed by atoms with E-state index in [9.17, 15) is 4.79 Å². The van der Waals surface area contributed by atoms with Crippen LogP contribution in [-0.4, -0.2) is 18.5 Å². The number of nitrogen functional groups attached to an aromatic ring is 1. The van der Waals surface area contributed by atoms with E-state index in [-0.39, 0.29) is 11.9 Å². The van der Waals surface area contributed by atoms with Crippen LogP contribution in [0, 0.1) is 0 Å². The smallest absolute Gasteiger partial charge is 0.259 e. The third kappa shape index (κ3) is 2.80. The summed E-state index contributed by atoms with van der Waals surface area (Å²) >= 11 is 6.20. The first-order chi connectivity index (χ1) is 10.6. The molecule has 1 atom stereocenters. The zero-order chi connectivity index (χ0) is 15.7. The predicted octanol–water partition coefficient (Wildman–Crippen LogP) is 3.06. The highest BCUT2D eigenvalue weighted by atomic mass is 35.5. The molecular formula is C17H18ClN3O. The quantitative estimate of drug-likeness (QED) is 0.795. The van der Waals surface area contributed by atoms with E-state index in [1.54, 1.807) is 23.1 Å². The van der Waals surface area contributed by atoms with E-state index < -0.39 is 0 Å². The van der Waals surface area contributed by atoms with Gasteiger partial charge in [0.2, 0.25) is 0 Å². The molecule has 22 heavy (non-hydrogen) atoms. The maximum Gasteiger partial charge on any atom is 0.259 e. The van der Waals surface area contributed by atoms with Gasteiger partial charge in [-0.3, -0.25) is 4.79 Å². The second kappa shape index (κ2) is 5.99. The van der Waals surface area contributed by atoms with Crippen LogP contribution < -0.4 is 16.0 Å². The van der Waals surface area contributed by atoms with Gasteiger partial charge in [-0.1, -0.05) is 29.8 Å². The lowest BCUT2D eigenvalue weighted by Crippen LogP contribution is -2.39. The molecule has 0 saturated carbocycles. The molecule has 4 nitrogen and oxygen atoms in total. The first-order valence-corrected chi connectivity index (χ1v) is 7.62. The molecule has 0 unspecified atom stereocenters. The molecule has 0 saturated heterocycles. The van der Waals surface area contributed by atoms with E-state index in [1.165, 1.54) is 0 Å². The molecule has 3 N–H and O–H groups in total. The van der Waals surface area contributed by atoms with Gasteiger partial charge in [-0.2, -0.15) is 0 Å². The van der Waals surface area contributed by atoms with E-state index in [0.717, 1.165) is 17.8 Å². The Bertz CT molecular complexity index is 717. The number of carbonyl (C=O) groups excluding carboxylic acids is 1. The first kappa shape index (κ1) is 14.9. The summed E-state index contributed by atoms with van der Waals surface area (Å²) in [5.41, 5.74) is 8.76. The molecule has 2 aromatic rings. The summed E-state index contributed by atoms with van der Waals surface area (Å²) < 4.78 is 0. The van der Waals surface area contributed by atoms with Crippen LogP contribution in [0.3, 0.4) is 0 Å². The van der Waals surface area contributed by atoms with E-state index in [2.05, 4.69) is 12.2 Å². The number of nitrogens with one attached hydrogen (secondary N) is 1. The van der Waals surface area contributed by atoms with Gasteiger partial charge < -0.3 is 16.0 Å². The highest BCUT2D eigenvalue weighted by molar-refractivity contribution is 6.34. The lowest BCUT2D eigenvalue weighted by molar-refractivity contribution is 0.0985. The number of halogens is 1. The van der Waals surface area contributed by atoms with Gasteiger partial charge in [0, 0.05) is 30.5 Å². The van der Waals surface area contributed by atoms with Crippen molar-refractivity contribution in [3.63, 3.8) is 0 Å². The number of amides is 1. The molecule has 0 radical (unpaired) electrons. The number of hydrogen-bond acceptors (Lipinski definition) is 3. The molecule has 1 amide bonds. The summed E-state index contributed by atoms with van der Waals surface area (Å²) in [4.78, 5) is 14.8. The molecule has 0 fully saturated rings. The lowest BCUT2D eigenvalue weighted by atomic mass is 10.1. The zero-order valence-corrected chi connectivity index (χ0v) is 13.1. The number of nitrogens with two attached hydrogens (primary N) is 1. The molecule has 0 aliphatic carbocycles. The van der Waals surface area contributed by atoms with Crippen molar-refractivity contribution in [2.75, 3.05) is 17.2 Å². The van der Waals surface area contributed by atoms with Crippen molar-refractivity contribution >= 4 is 28.9 Å². The van der Waals surface area contributed by atoms with E-state index in [4.69, 9.17) is 17.3 Å². The van der Waals surface area contributed by atoms with Gasteiger partial charge in [0.25, 0.3) is 5.91 Å². The number of rotatable bonds is 1. The Balaban J connectivity index is 2.03. The number of hydrogen-bond donors (Lipinski definition) is 2. The maximum atomic E-state index is 13.0. The van der Waals surface area contributed by atoms with Crippen molar-refractivity contribution < 1.29 is 4.79 Å². The molecule has 0 spiro atoms. The van der Waals surface area contributed by atoms with Crippen molar-refractivity contribution in [3.8, 4) is 0 Å². The van der Waals surface area contributed by atoms with Crippen molar-refractivity contribution in [1.29, 1.82) is 0 Å². The van der Waals surface area contributed by atoms with Crippen LogP contribution in [0.2, 0.25) is 5.02 Å². The Kier molecular flexibility index (Phi) is 4.05. The monoisotopic (exact) mass is 315 g/mol. The Morgan fingerprint density at radius 3 is 2.86 bits per heavy atom. The minimum Gasteiger partial charge on any atom is -0.399 e. The average molecular weight is 316 g/mol. The van der Waals surface area contributed by atoms with Crippen molar-refractivity contribution in [2.24, 2.45) is 0 Å². The fraction of sp³-hybridized carbons (Fsp3) is 0.235. The summed E-state index contributed by atoms with van der Waals surface area (Å²) in [5.74, 6) is -0.104. The fourth-order valence-corrected chi connectivity index (χ4v) is 2.96. The largest absolute Gasteiger partial charge is 0.399 e. The number of fused-ring (bicyclic) bond motifs is 1. The van der Waals surface area contributed by atoms with Crippen LogP contribution in [0.4, 0.5) is 11.4 Å². The number of benzene rings is 2. The molecule has 3 rings (SSSR count). The number of para-hydroxylation sites is 1. The Morgan fingerprint density at radius 2 is 2.09 bits per heavy atom. The number of anilines is 2. The third-order valence-electron chi connectivity index (χ3n) is 3.85. The van der Waals surface area contributed by atoms with Gasteiger partial charge in [-0.25, -0.2) is 0 Å². The van der Waals surface area contributed by atoms with Crippen molar-refractivity contribution in [2.45, 2.75) is 19.5 Å². The van der Waals surface area contributed by atoms with Gasteiger partial charge in [0.15, 0.2) is 0 Å². The summed E-state index contributed by atoms with van der Waals surface area (Å²) in [6.45, 7) is 3.41. The van der Waals surface area contributed by atoms with Crippen molar-refractivity contribution in [3.05, 3.63) is 58.6 Å². The van der Waals surface area contributed by atoms with Gasteiger partial charge in [-0.05, 0) is 36.8 Å². The molecule has 2 aromatic carbocycles. The molecule has 1 aliphatic rings. The molecule has 114 valence electrons. The third-order valence-corrected chi connectivity index (χ3v) is 4.16. The molecule has 0 bridgehead atoms. The normalized spacial score (nSPS) is 17.7. The Hall–Kier alpha value is -2.04. The van der Waals surface area contributed by atoms with Crippen molar-refractivity contribution in [1.82, 2.24) is 5.32 Å². The van der Waals surface area contributed by atoms with Gasteiger partial charge >= 0.3 is 0 Å². The Labute approximate surface area is 134 Å². The van der Waals surface area contributed by atoms with Crippen LogP contribution in [0.5, 0.6) is 0 Å². The van der Waals surface area contributed by atoms with Crippen LogP contribution in [0.1, 0.15) is 22.8 Å². The van der Waals surface area contributed by atoms with E-state index in [1.807, 2.05) is 24.3 Å². The maximum absolute atomic E-state index is 13.0. The van der Waals surface area contributed by atoms with Crippen LogP contribution in [0.25, 0.3) is 0 Å². The SMILES string of the molecule is C[C@@H]1CN(C(=O)c2ccc(N)cc2Cl)c2ccccc2CN1. The molecule has 1 heterocycles. The topological polar surface area (TPSA) is 58.4 Å².